The van der Waals surface area contributed by atoms with Gasteiger partial charge in [0.25, 0.3) is 0 Å². The van der Waals surface area contributed by atoms with Gasteiger partial charge in [-0.05, 0) is 67.8 Å². The van der Waals surface area contributed by atoms with Crippen LogP contribution in [-0.2, 0) is 16.1 Å². The Labute approximate surface area is 173 Å². The SMILES string of the molecule is O=C(CNC(=O)CC12CC3CC(CC(C3)C1)C2)NCc1ccccc1OC(F)(F)F. The van der Waals surface area contributed by atoms with E-state index < -0.39 is 12.3 Å². The van der Waals surface area contributed by atoms with Crippen LogP contribution in [0.15, 0.2) is 24.3 Å². The maximum absolute atomic E-state index is 12.5. The lowest BCUT2D eigenvalue weighted by Crippen LogP contribution is -2.48. The standard InChI is InChI=1S/C22H27F3N2O3/c23-22(24,25)30-18-4-2-1-3-17(18)12-26-20(29)13-27-19(28)11-21-8-14-5-15(9-21)7-16(6-14)10-21/h1-4,14-16H,5-13H2,(H,26,29)(H,27,28). The van der Waals surface area contributed by atoms with Crippen molar-refractivity contribution in [2.45, 2.75) is 57.9 Å². The summed E-state index contributed by atoms with van der Waals surface area (Å²) in [6.07, 6.45) is 2.95. The number of rotatable bonds is 7. The molecule has 164 valence electrons. The van der Waals surface area contributed by atoms with E-state index >= 15 is 0 Å². The summed E-state index contributed by atoms with van der Waals surface area (Å²) in [5, 5.41) is 5.22. The van der Waals surface area contributed by atoms with E-state index in [1.165, 1.54) is 37.5 Å². The Kier molecular flexibility index (Phi) is 5.68. The number of benzene rings is 1. The zero-order valence-corrected chi connectivity index (χ0v) is 16.8. The average Bonchev–Trinajstić information content (AvgIpc) is 2.63. The van der Waals surface area contributed by atoms with Gasteiger partial charge in [0.15, 0.2) is 0 Å². The number of para-hydroxylation sites is 1. The van der Waals surface area contributed by atoms with Crippen LogP contribution in [0.2, 0.25) is 0 Å². The molecule has 8 heteroatoms. The first-order chi connectivity index (χ1) is 14.2. The maximum atomic E-state index is 12.5. The Morgan fingerprint density at radius 3 is 2.17 bits per heavy atom. The Morgan fingerprint density at radius 2 is 1.57 bits per heavy atom. The molecule has 30 heavy (non-hydrogen) atoms. The first kappa shape index (κ1) is 21.0. The summed E-state index contributed by atoms with van der Waals surface area (Å²) < 4.78 is 41.4. The van der Waals surface area contributed by atoms with E-state index in [2.05, 4.69) is 15.4 Å². The fraction of sp³-hybridized carbons (Fsp3) is 0.636. The summed E-state index contributed by atoms with van der Waals surface area (Å²) in [6, 6.07) is 5.64. The van der Waals surface area contributed by atoms with Crippen LogP contribution in [0.3, 0.4) is 0 Å². The van der Waals surface area contributed by atoms with Crippen molar-refractivity contribution in [3.8, 4) is 5.75 Å². The third-order valence-electron chi connectivity index (χ3n) is 6.82. The zero-order chi connectivity index (χ0) is 21.4. The van der Waals surface area contributed by atoms with Gasteiger partial charge >= 0.3 is 6.36 Å². The second kappa shape index (κ2) is 8.12. The number of carbonyl (C=O) groups is 2. The number of amides is 2. The largest absolute Gasteiger partial charge is 0.573 e. The molecule has 0 unspecified atom stereocenters. The maximum Gasteiger partial charge on any atom is 0.573 e. The van der Waals surface area contributed by atoms with E-state index in [4.69, 9.17) is 0 Å². The third kappa shape index (κ3) is 5.08. The van der Waals surface area contributed by atoms with E-state index in [1.54, 1.807) is 6.07 Å². The van der Waals surface area contributed by atoms with Gasteiger partial charge < -0.3 is 15.4 Å². The summed E-state index contributed by atoms with van der Waals surface area (Å²) in [7, 11) is 0. The average molecular weight is 424 g/mol. The van der Waals surface area contributed by atoms with Crippen molar-refractivity contribution in [3.63, 3.8) is 0 Å². The summed E-state index contributed by atoms with van der Waals surface area (Å²) in [6.45, 7) is -0.302. The molecule has 4 aliphatic rings. The van der Waals surface area contributed by atoms with E-state index in [-0.39, 0.29) is 35.7 Å². The van der Waals surface area contributed by atoms with E-state index in [9.17, 15) is 22.8 Å². The fourth-order valence-electron chi connectivity index (χ4n) is 6.22. The normalized spacial score (nSPS) is 29.5. The van der Waals surface area contributed by atoms with Crippen molar-refractivity contribution in [1.82, 2.24) is 10.6 Å². The van der Waals surface area contributed by atoms with Crippen molar-refractivity contribution >= 4 is 11.8 Å². The van der Waals surface area contributed by atoms with Gasteiger partial charge in [0, 0.05) is 18.5 Å². The third-order valence-corrected chi connectivity index (χ3v) is 6.82. The van der Waals surface area contributed by atoms with Crippen LogP contribution in [0.5, 0.6) is 5.75 Å². The zero-order valence-electron chi connectivity index (χ0n) is 16.8. The first-order valence-corrected chi connectivity index (χ1v) is 10.6. The second-order valence-corrected chi connectivity index (χ2v) is 9.30. The van der Waals surface area contributed by atoms with Crippen molar-refractivity contribution in [2.75, 3.05) is 6.54 Å². The highest BCUT2D eigenvalue weighted by Gasteiger charge is 2.51. The van der Waals surface area contributed by atoms with Gasteiger partial charge in [0.1, 0.15) is 5.75 Å². The molecule has 0 aromatic heterocycles. The summed E-state index contributed by atoms with van der Waals surface area (Å²) in [5.74, 6) is 1.35. The molecule has 2 amide bonds. The number of ether oxygens (including phenoxy) is 1. The number of hydrogen-bond acceptors (Lipinski definition) is 3. The van der Waals surface area contributed by atoms with Crippen LogP contribution < -0.4 is 15.4 Å². The Morgan fingerprint density at radius 1 is 0.967 bits per heavy atom. The first-order valence-electron chi connectivity index (χ1n) is 10.6. The van der Waals surface area contributed by atoms with Gasteiger partial charge in [-0.25, -0.2) is 0 Å². The number of nitrogens with one attached hydrogen (secondary N) is 2. The highest BCUT2D eigenvalue weighted by molar-refractivity contribution is 5.85. The molecule has 1 aromatic rings. The minimum Gasteiger partial charge on any atom is -0.405 e. The predicted molar refractivity (Wildman–Crippen MR) is 103 cm³/mol. The number of hydrogen-bond donors (Lipinski definition) is 2. The number of halogens is 3. The van der Waals surface area contributed by atoms with Crippen molar-refractivity contribution < 1.29 is 27.5 Å². The van der Waals surface area contributed by atoms with Crippen LogP contribution in [0.1, 0.15) is 50.5 Å². The molecular formula is C22H27F3N2O3. The molecule has 0 saturated heterocycles. The quantitative estimate of drug-likeness (QED) is 0.697. The molecule has 4 saturated carbocycles. The second-order valence-electron chi connectivity index (χ2n) is 9.30. The molecule has 0 spiro atoms. The topological polar surface area (TPSA) is 67.4 Å². The molecular weight excluding hydrogens is 397 g/mol. The molecule has 0 aliphatic heterocycles. The van der Waals surface area contributed by atoms with Gasteiger partial charge in [-0.3, -0.25) is 9.59 Å². The minimum absolute atomic E-state index is 0.100. The molecule has 4 fully saturated rings. The Balaban J connectivity index is 1.23. The molecule has 2 N–H and O–H groups in total. The van der Waals surface area contributed by atoms with Crippen LogP contribution in [0.25, 0.3) is 0 Å². The molecule has 5 rings (SSSR count). The van der Waals surface area contributed by atoms with Crippen LogP contribution in [0.4, 0.5) is 13.2 Å². The van der Waals surface area contributed by atoms with Gasteiger partial charge in [-0.1, -0.05) is 18.2 Å². The van der Waals surface area contributed by atoms with E-state index in [1.807, 2.05) is 0 Å². The summed E-state index contributed by atoms with van der Waals surface area (Å²) in [5.41, 5.74) is 0.312. The lowest BCUT2D eigenvalue weighted by molar-refractivity contribution is -0.274. The summed E-state index contributed by atoms with van der Waals surface area (Å²) >= 11 is 0. The van der Waals surface area contributed by atoms with Gasteiger partial charge in [0.2, 0.25) is 11.8 Å². The lowest BCUT2D eigenvalue weighted by atomic mass is 9.49. The van der Waals surface area contributed by atoms with Crippen molar-refractivity contribution in [3.05, 3.63) is 29.8 Å². The van der Waals surface area contributed by atoms with Crippen LogP contribution >= 0.6 is 0 Å². The molecule has 5 nitrogen and oxygen atoms in total. The van der Waals surface area contributed by atoms with E-state index in [0.717, 1.165) is 37.0 Å². The monoisotopic (exact) mass is 424 g/mol. The highest BCUT2D eigenvalue weighted by Crippen LogP contribution is 2.61. The Bertz CT molecular complexity index is 774. The predicted octanol–water partition coefficient (Wildman–Crippen LogP) is 3.92. The molecule has 4 bridgehead atoms. The number of alkyl halides is 3. The van der Waals surface area contributed by atoms with Crippen LogP contribution in [0, 0.1) is 23.2 Å². The van der Waals surface area contributed by atoms with Gasteiger partial charge in [-0.2, -0.15) is 0 Å². The molecule has 0 radical (unpaired) electrons. The molecule has 0 heterocycles. The lowest BCUT2D eigenvalue weighted by Gasteiger charge is -2.56. The molecule has 0 atom stereocenters. The van der Waals surface area contributed by atoms with E-state index in [0.29, 0.717) is 6.42 Å². The van der Waals surface area contributed by atoms with Crippen molar-refractivity contribution in [2.24, 2.45) is 23.2 Å². The molecule has 4 aliphatic carbocycles. The smallest absolute Gasteiger partial charge is 0.405 e. The fourth-order valence-corrected chi connectivity index (χ4v) is 6.22. The summed E-state index contributed by atoms with van der Waals surface area (Å²) in [4.78, 5) is 24.6. The molecule has 1 aromatic carbocycles. The van der Waals surface area contributed by atoms with Crippen LogP contribution in [-0.4, -0.2) is 24.7 Å². The highest BCUT2D eigenvalue weighted by atomic mass is 19.4. The minimum atomic E-state index is -4.80. The van der Waals surface area contributed by atoms with Gasteiger partial charge in [-0.15, -0.1) is 13.2 Å². The number of carbonyl (C=O) groups excluding carboxylic acids is 2. The van der Waals surface area contributed by atoms with Crippen molar-refractivity contribution in [1.29, 1.82) is 0 Å². The Hall–Kier alpha value is -2.25. The van der Waals surface area contributed by atoms with Gasteiger partial charge in [0.05, 0.1) is 6.54 Å².